The Balaban J connectivity index is 1.63. The van der Waals surface area contributed by atoms with Crippen LogP contribution in [-0.2, 0) is 57.6 Å². The minimum Gasteiger partial charge on any atom is -0.508 e. The van der Waals surface area contributed by atoms with E-state index in [4.69, 9.17) is 17.2 Å². The Bertz CT molecular complexity index is 2600. The van der Waals surface area contributed by atoms with E-state index >= 15 is 0 Å². The molecule has 3 aromatic carbocycles. The second-order valence-electron chi connectivity index (χ2n) is 20.3. The van der Waals surface area contributed by atoms with Gasteiger partial charge in [-0.3, -0.25) is 38.4 Å². The van der Waals surface area contributed by atoms with Gasteiger partial charge < -0.3 is 74.9 Å². The molecule has 4 aromatic rings. The van der Waals surface area contributed by atoms with Gasteiger partial charge in [0.05, 0.1) is 6.61 Å². The lowest BCUT2D eigenvalue weighted by atomic mass is 9.99. The molecule has 0 radical (unpaired) electrons. The molecular weight excluding hydrogens is 1000 g/mol. The molecule has 1 aliphatic heterocycles. The van der Waals surface area contributed by atoms with Crippen LogP contribution in [0.4, 0.5) is 0 Å². The topological polar surface area (TPSA) is 367 Å². The third-order valence-corrected chi connectivity index (χ3v) is 13.6. The number of phenolic OH excluding ortho intramolecular Hbond substituents is 1. The lowest BCUT2D eigenvalue weighted by Gasteiger charge is -2.29. The average molecular weight is 1080 g/mol. The van der Waals surface area contributed by atoms with Crippen LogP contribution in [0.1, 0.15) is 94.7 Å². The highest BCUT2D eigenvalue weighted by Gasteiger charge is 2.36. The monoisotopic (exact) mass is 1080 g/mol. The molecule has 1 saturated heterocycles. The number of aromatic nitrogens is 1. The molecule has 8 atom stereocenters. The fraction of sp³-hybridized carbons (Fsp3) is 0.500. The van der Waals surface area contributed by atoms with Crippen LogP contribution in [0.3, 0.4) is 0 Å². The van der Waals surface area contributed by atoms with Crippen LogP contribution in [0.5, 0.6) is 5.75 Å². The number of amides is 8. The Hall–Kier alpha value is -7.40. The van der Waals surface area contributed by atoms with Crippen LogP contribution in [-0.4, -0.2) is 137 Å². The number of aliphatic hydroxyl groups excluding tert-OH is 1. The third kappa shape index (κ3) is 19.3. The summed E-state index contributed by atoms with van der Waals surface area (Å²) in [4.78, 5) is 119. The van der Waals surface area contributed by atoms with E-state index in [1.807, 2.05) is 32.0 Å². The Morgan fingerprint density at radius 3 is 1.27 bits per heavy atom. The van der Waals surface area contributed by atoms with E-state index in [9.17, 15) is 48.6 Å². The zero-order valence-electron chi connectivity index (χ0n) is 44.7. The predicted molar refractivity (Wildman–Crippen MR) is 295 cm³/mol. The summed E-state index contributed by atoms with van der Waals surface area (Å²) in [6, 6.07) is 11.1. The number of phenols is 1. The molecule has 0 spiro atoms. The van der Waals surface area contributed by atoms with Crippen LogP contribution in [0.15, 0.2) is 85.1 Å². The summed E-state index contributed by atoms with van der Waals surface area (Å²) in [5.74, 6) is -6.62. The molecule has 78 heavy (non-hydrogen) atoms. The molecule has 22 nitrogen and oxygen atoms in total. The number of nitrogens with two attached hydrogens (primary N) is 3. The lowest BCUT2D eigenvalue weighted by molar-refractivity contribution is -0.137. The summed E-state index contributed by atoms with van der Waals surface area (Å²) in [5.41, 5.74) is 19.9. The summed E-state index contributed by atoms with van der Waals surface area (Å²) in [6.45, 7) is 3.62. The Labute approximate surface area is 455 Å². The van der Waals surface area contributed by atoms with Crippen molar-refractivity contribution in [1.82, 2.24) is 47.5 Å². The number of aromatic amines is 1. The first-order valence-electron chi connectivity index (χ1n) is 27.0. The first-order chi connectivity index (χ1) is 37.5. The van der Waals surface area contributed by atoms with Crippen LogP contribution >= 0.6 is 0 Å². The molecule has 0 unspecified atom stereocenters. The average Bonchev–Trinajstić information content (AvgIpc) is 3.84. The molecule has 0 aliphatic carbocycles. The van der Waals surface area contributed by atoms with E-state index in [2.05, 4.69) is 47.5 Å². The molecule has 424 valence electrons. The van der Waals surface area contributed by atoms with Gasteiger partial charge in [0.2, 0.25) is 47.3 Å². The maximum absolute atomic E-state index is 14.9. The number of aromatic hydroxyl groups is 1. The van der Waals surface area contributed by atoms with Gasteiger partial charge in [-0.2, -0.15) is 0 Å². The molecule has 1 aliphatic rings. The molecular formula is C56H80N12O10. The first kappa shape index (κ1) is 61.5. The smallest absolute Gasteiger partial charge is 0.245 e. The van der Waals surface area contributed by atoms with Gasteiger partial charge in [0.15, 0.2) is 0 Å². The summed E-state index contributed by atoms with van der Waals surface area (Å²) in [6.07, 6.45) is 4.24. The van der Waals surface area contributed by atoms with Gasteiger partial charge in [-0.05, 0) is 125 Å². The van der Waals surface area contributed by atoms with Crippen molar-refractivity contribution >= 4 is 58.2 Å². The van der Waals surface area contributed by atoms with E-state index in [0.717, 1.165) is 10.9 Å². The molecule has 0 saturated carbocycles. The number of unbranched alkanes of at least 4 members (excludes halogenated alkanes) is 3. The fourth-order valence-electron chi connectivity index (χ4n) is 9.23. The Morgan fingerprint density at radius 2 is 0.808 bits per heavy atom. The number of rotatable bonds is 21. The maximum atomic E-state index is 14.9. The van der Waals surface area contributed by atoms with Crippen LogP contribution in [0.25, 0.3) is 10.9 Å². The van der Waals surface area contributed by atoms with Gasteiger partial charge in [-0.15, -0.1) is 0 Å². The number of aliphatic hydroxyl groups is 1. The number of nitrogens with one attached hydrogen (secondary N) is 9. The number of hydrogen-bond acceptors (Lipinski definition) is 13. The summed E-state index contributed by atoms with van der Waals surface area (Å²) in [7, 11) is 0. The van der Waals surface area contributed by atoms with Crippen molar-refractivity contribution in [2.75, 3.05) is 26.2 Å². The Morgan fingerprint density at radius 1 is 0.436 bits per heavy atom. The molecule has 2 heterocycles. The fourth-order valence-corrected chi connectivity index (χ4v) is 9.23. The molecule has 1 aromatic heterocycles. The SMILES string of the molecule is CC(C)C[C@@H]1NC(=O)[C@H](CCCCN)NC(=O)[C@H](CCCCN)NC(=O)[C@H](CCCCN)NC(=O)[C@H](CO)NC(=O)[C@H](Cc2c[nH]c3ccccc23)NC(=O)[C@H](Cc2ccc(O)cc2)NC(=O)[C@H](Cc2ccccc2)NC1=O. The molecule has 22 heteroatoms. The highest BCUT2D eigenvalue weighted by Crippen LogP contribution is 2.20. The van der Waals surface area contributed by atoms with E-state index < -0.39 is 102 Å². The summed E-state index contributed by atoms with van der Waals surface area (Å²) >= 11 is 0. The van der Waals surface area contributed by atoms with Crippen molar-refractivity contribution in [3.05, 3.63) is 102 Å². The number of H-pyrrole nitrogens is 1. The van der Waals surface area contributed by atoms with Crippen molar-refractivity contribution in [3.63, 3.8) is 0 Å². The van der Waals surface area contributed by atoms with Crippen molar-refractivity contribution in [3.8, 4) is 5.75 Å². The predicted octanol–water partition coefficient (Wildman–Crippen LogP) is 0.219. The number of carbonyl (C=O) groups is 8. The lowest BCUT2D eigenvalue weighted by Crippen LogP contribution is -2.62. The van der Waals surface area contributed by atoms with Crippen LogP contribution in [0.2, 0.25) is 0 Å². The Kier molecular flexibility index (Phi) is 25.0. The van der Waals surface area contributed by atoms with Crippen molar-refractivity contribution in [2.24, 2.45) is 23.1 Å². The third-order valence-electron chi connectivity index (χ3n) is 13.6. The van der Waals surface area contributed by atoms with Crippen molar-refractivity contribution in [1.29, 1.82) is 0 Å². The van der Waals surface area contributed by atoms with Gasteiger partial charge in [-0.1, -0.05) is 74.5 Å². The largest absolute Gasteiger partial charge is 0.508 e. The van der Waals surface area contributed by atoms with Crippen LogP contribution in [0, 0.1) is 5.92 Å². The van der Waals surface area contributed by atoms with Crippen molar-refractivity contribution in [2.45, 2.75) is 146 Å². The normalized spacial score (nSPS) is 22.8. The summed E-state index contributed by atoms with van der Waals surface area (Å²) in [5, 5.41) is 43.6. The highest BCUT2D eigenvalue weighted by molar-refractivity contribution is 5.99. The maximum Gasteiger partial charge on any atom is 0.245 e. The van der Waals surface area contributed by atoms with Gasteiger partial charge >= 0.3 is 0 Å². The van der Waals surface area contributed by atoms with Gasteiger partial charge in [0, 0.05) is 36.4 Å². The second-order valence-corrected chi connectivity index (χ2v) is 20.3. The van der Waals surface area contributed by atoms with E-state index in [0.29, 0.717) is 68.3 Å². The number of para-hydroxylation sites is 1. The van der Waals surface area contributed by atoms with Gasteiger partial charge in [0.1, 0.15) is 54.1 Å². The van der Waals surface area contributed by atoms with Gasteiger partial charge in [0.25, 0.3) is 0 Å². The molecule has 0 bridgehead atoms. The molecule has 5 rings (SSSR count). The number of carbonyl (C=O) groups excluding carboxylic acids is 8. The minimum absolute atomic E-state index is 0.0427. The standard InChI is InChI=1S/C56H80N12O10/c1-34(2)28-44-52(74)65-45(29-35-14-4-3-5-15-35)53(75)66-46(30-36-21-23-38(70)24-22-36)54(76)67-47(31-37-32-60-40-17-7-6-16-39(37)40)55(77)68-48(33-69)56(78)63-42(19-9-12-26-58)50(72)61-41(18-8-11-25-57)49(71)62-43(51(73)64-44)20-10-13-27-59/h3-7,14-17,21-24,32,34,41-48,60,69-70H,8-13,18-20,25-31,33,57-59H2,1-2H3,(H,61,72)(H,62,71)(H,63,78)(H,64,73)(H,65,74)(H,66,75)(H,67,76)(H,68,77)/t41-,42-,43-,44-,45-,46-,47-,48-/m0/s1. The quantitative estimate of drug-likeness (QED) is 0.0498. The molecule has 1 fully saturated rings. The zero-order valence-corrected chi connectivity index (χ0v) is 44.7. The highest BCUT2D eigenvalue weighted by atomic mass is 16.3. The van der Waals surface area contributed by atoms with Crippen LogP contribution < -0.4 is 59.7 Å². The summed E-state index contributed by atoms with van der Waals surface area (Å²) < 4.78 is 0. The number of fused-ring (bicyclic) bond motifs is 1. The zero-order chi connectivity index (χ0) is 56.6. The molecule has 17 N–H and O–H groups in total. The number of hydrogen-bond donors (Lipinski definition) is 14. The van der Waals surface area contributed by atoms with E-state index in [-0.39, 0.29) is 63.2 Å². The van der Waals surface area contributed by atoms with E-state index in [1.54, 1.807) is 54.7 Å². The van der Waals surface area contributed by atoms with Gasteiger partial charge in [-0.25, -0.2) is 0 Å². The van der Waals surface area contributed by atoms with E-state index in [1.165, 1.54) is 12.1 Å². The number of benzene rings is 3. The second kappa shape index (κ2) is 31.7. The molecule has 8 amide bonds. The first-order valence-corrected chi connectivity index (χ1v) is 27.0. The van der Waals surface area contributed by atoms with Crippen molar-refractivity contribution < 1.29 is 48.6 Å². The minimum atomic E-state index is -1.67.